The summed E-state index contributed by atoms with van der Waals surface area (Å²) < 4.78 is 0.862. The molecule has 0 heterocycles. The largest absolute Gasteiger partial charge is 0.399 e. The number of nitrogen functional groups attached to an aromatic ring is 1. The van der Waals surface area contributed by atoms with E-state index in [0.29, 0.717) is 5.69 Å². The molecular formula is C10H11BrN2O. The highest BCUT2D eigenvalue weighted by Gasteiger charge is 2.29. The van der Waals surface area contributed by atoms with Gasteiger partial charge in [-0.05, 0) is 47.0 Å². The van der Waals surface area contributed by atoms with Gasteiger partial charge in [-0.3, -0.25) is 4.79 Å². The van der Waals surface area contributed by atoms with Gasteiger partial charge >= 0.3 is 0 Å². The smallest absolute Gasteiger partial charge is 0.227 e. The number of rotatable bonds is 2. The van der Waals surface area contributed by atoms with Crippen molar-refractivity contribution in [3.05, 3.63) is 22.7 Å². The average molecular weight is 255 g/mol. The van der Waals surface area contributed by atoms with E-state index in [4.69, 9.17) is 5.73 Å². The van der Waals surface area contributed by atoms with Gasteiger partial charge in [0.05, 0.1) is 5.69 Å². The minimum absolute atomic E-state index is 0.0938. The Morgan fingerprint density at radius 2 is 2.21 bits per heavy atom. The molecule has 2 rings (SSSR count). The van der Waals surface area contributed by atoms with Crippen LogP contribution in [0.1, 0.15) is 12.8 Å². The molecule has 1 amide bonds. The van der Waals surface area contributed by atoms with Crippen molar-refractivity contribution in [1.82, 2.24) is 0 Å². The molecule has 1 fully saturated rings. The Kier molecular flexibility index (Phi) is 2.46. The van der Waals surface area contributed by atoms with E-state index in [0.717, 1.165) is 23.0 Å². The lowest BCUT2D eigenvalue weighted by molar-refractivity contribution is -0.117. The second-order valence-corrected chi connectivity index (χ2v) is 4.36. The summed E-state index contributed by atoms with van der Waals surface area (Å²) >= 11 is 3.36. The maximum atomic E-state index is 11.5. The van der Waals surface area contributed by atoms with Crippen molar-refractivity contribution >= 4 is 33.2 Å². The summed E-state index contributed by atoms with van der Waals surface area (Å²) in [5, 5.41) is 2.85. The maximum Gasteiger partial charge on any atom is 0.227 e. The Morgan fingerprint density at radius 3 is 2.86 bits per heavy atom. The Labute approximate surface area is 90.8 Å². The minimum atomic E-state index is 0.0938. The Morgan fingerprint density at radius 1 is 1.50 bits per heavy atom. The quantitative estimate of drug-likeness (QED) is 0.797. The van der Waals surface area contributed by atoms with E-state index in [1.165, 1.54) is 0 Å². The predicted molar refractivity (Wildman–Crippen MR) is 59.9 cm³/mol. The first-order valence-corrected chi connectivity index (χ1v) is 5.32. The van der Waals surface area contributed by atoms with E-state index in [2.05, 4.69) is 21.2 Å². The molecule has 1 aliphatic rings. The highest BCUT2D eigenvalue weighted by Crippen LogP contribution is 2.32. The lowest BCUT2D eigenvalue weighted by Crippen LogP contribution is -2.13. The maximum absolute atomic E-state index is 11.5. The van der Waals surface area contributed by atoms with Crippen LogP contribution in [-0.2, 0) is 4.79 Å². The molecule has 3 nitrogen and oxygen atoms in total. The Balaban J connectivity index is 2.14. The number of amides is 1. The van der Waals surface area contributed by atoms with Crippen LogP contribution < -0.4 is 11.1 Å². The summed E-state index contributed by atoms with van der Waals surface area (Å²) in [4.78, 5) is 11.5. The standard InChI is InChI=1S/C10H11BrN2O/c11-8-4-3-7(12)5-9(8)13-10(14)6-1-2-6/h3-6H,1-2,12H2,(H,13,14). The third kappa shape index (κ3) is 2.07. The summed E-state index contributed by atoms with van der Waals surface area (Å²) in [5.74, 6) is 0.305. The van der Waals surface area contributed by atoms with E-state index in [9.17, 15) is 4.79 Å². The first-order chi connectivity index (χ1) is 6.66. The molecule has 0 bridgehead atoms. The van der Waals surface area contributed by atoms with Crippen molar-refractivity contribution in [3.8, 4) is 0 Å². The molecule has 0 spiro atoms. The number of anilines is 2. The zero-order valence-electron chi connectivity index (χ0n) is 7.59. The molecule has 0 unspecified atom stereocenters. The van der Waals surface area contributed by atoms with Gasteiger partial charge in [0, 0.05) is 16.1 Å². The summed E-state index contributed by atoms with van der Waals surface area (Å²) in [6.07, 6.45) is 2.01. The summed E-state index contributed by atoms with van der Waals surface area (Å²) in [6.45, 7) is 0. The molecule has 0 radical (unpaired) electrons. The molecule has 1 aromatic rings. The molecule has 3 N–H and O–H groups in total. The lowest BCUT2D eigenvalue weighted by atomic mass is 10.2. The zero-order valence-corrected chi connectivity index (χ0v) is 9.17. The number of hydrogen-bond acceptors (Lipinski definition) is 2. The summed E-state index contributed by atoms with van der Waals surface area (Å²) in [7, 11) is 0. The van der Waals surface area contributed by atoms with Crippen LogP contribution in [0, 0.1) is 5.92 Å². The topological polar surface area (TPSA) is 55.1 Å². The van der Waals surface area contributed by atoms with Gasteiger partial charge in [-0.15, -0.1) is 0 Å². The van der Waals surface area contributed by atoms with Crippen molar-refractivity contribution < 1.29 is 4.79 Å². The van der Waals surface area contributed by atoms with Crippen molar-refractivity contribution in [2.45, 2.75) is 12.8 Å². The van der Waals surface area contributed by atoms with Crippen LogP contribution in [-0.4, -0.2) is 5.91 Å². The van der Waals surface area contributed by atoms with Crippen molar-refractivity contribution in [2.24, 2.45) is 5.92 Å². The highest BCUT2D eigenvalue weighted by atomic mass is 79.9. The summed E-state index contributed by atoms with van der Waals surface area (Å²) in [6, 6.07) is 5.37. The number of benzene rings is 1. The first-order valence-electron chi connectivity index (χ1n) is 4.52. The molecule has 14 heavy (non-hydrogen) atoms. The molecule has 0 aromatic heterocycles. The van der Waals surface area contributed by atoms with Gasteiger partial charge in [-0.25, -0.2) is 0 Å². The SMILES string of the molecule is Nc1ccc(Br)c(NC(=O)C2CC2)c1. The monoisotopic (exact) mass is 254 g/mol. The molecule has 74 valence electrons. The fourth-order valence-corrected chi connectivity index (χ4v) is 1.56. The normalized spacial score (nSPS) is 15.2. The van der Waals surface area contributed by atoms with E-state index in [1.807, 2.05) is 6.07 Å². The lowest BCUT2D eigenvalue weighted by Gasteiger charge is -2.07. The van der Waals surface area contributed by atoms with Gasteiger partial charge in [0.2, 0.25) is 5.91 Å². The minimum Gasteiger partial charge on any atom is -0.399 e. The molecule has 1 saturated carbocycles. The number of nitrogens with two attached hydrogens (primary N) is 1. The van der Waals surface area contributed by atoms with Crippen LogP contribution >= 0.6 is 15.9 Å². The van der Waals surface area contributed by atoms with Crippen LogP contribution in [0.25, 0.3) is 0 Å². The predicted octanol–water partition coefficient (Wildman–Crippen LogP) is 2.38. The Bertz CT molecular complexity index is 374. The third-order valence-corrected chi connectivity index (χ3v) is 2.89. The zero-order chi connectivity index (χ0) is 10.1. The average Bonchev–Trinajstić information content (AvgIpc) is 2.94. The van der Waals surface area contributed by atoms with Gasteiger partial charge in [-0.2, -0.15) is 0 Å². The van der Waals surface area contributed by atoms with Gasteiger partial charge in [0.1, 0.15) is 0 Å². The van der Waals surface area contributed by atoms with Crippen molar-refractivity contribution in [2.75, 3.05) is 11.1 Å². The molecule has 1 aliphatic carbocycles. The van der Waals surface area contributed by atoms with Gasteiger partial charge in [0.25, 0.3) is 0 Å². The number of carbonyl (C=O) groups excluding carboxylic acids is 1. The van der Waals surface area contributed by atoms with Gasteiger partial charge < -0.3 is 11.1 Å². The van der Waals surface area contributed by atoms with Crippen LogP contribution in [0.15, 0.2) is 22.7 Å². The molecular weight excluding hydrogens is 244 g/mol. The van der Waals surface area contributed by atoms with Crippen LogP contribution in [0.2, 0.25) is 0 Å². The van der Waals surface area contributed by atoms with E-state index < -0.39 is 0 Å². The molecule has 0 aliphatic heterocycles. The Hall–Kier alpha value is -1.03. The first kappa shape index (κ1) is 9.52. The van der Waals surface area contributed by atoms with Crippen molar-refractivity contribution in [1.29, 1.82) is 0 Å². The molecule has 4 heteroatoms. The highest BCUT2D eigenvalue weighted by molar-refractivity contribution is 9.10. The second-order valence-electron chi connectivity index (χ2n) is 3.50. The van der Waals surface area contributed by atoms with Crippen LogP contribution in [0.3, 0.4) is 0 Å². The van der Waals surface area contributed by atoms with Gasteiger partial charge in [-0.1, -0.05) is 0 Å². The fraction of sp³-hybridized carbons (Fsp3) is 0.300. The van der Waals surface area contributed by atoms with E-state index in [-0.39, 0.29) is 11.8 Å². The summed E-state index contributed by atoms with van der Waals surface area (Å²) in [5.41, 5.74) is 7.03. The molecule has 0 atom stereocenters. The second kappa shape index (κ2) is 3.61. The molecule has 0 saturated heterocycles. The van der Waals surface area contributed by atoms with E-state index >= 15 is 0 Å². The molecule has 1 aromatic carbocycles. The van der Waals surface area contributed by atoms with Gasteiger partial charge in [0.15, 0.2) is 0 Å². The van der Waals surface area contributed by atoms with Crippen molar-refractivity contribution in [3.63, 3.8) is 0 Å². The third-order valence-electron chi connectivity index (χ3n) is 2.20. The van der Waals surface area contributed by atoms with E-state index in [1.54, 1.807) is 12.1 Å². The number of nitrogens with one attached hydrogen (secondary N) is 1. The number of carbonyl (C=O) groups is 1. The van der Waals surface area contributed by atoms with Crippen LogP contribution in [0.4, 0.5) is 11.4 Å². The fourth-order valence-electron chi connectivity index (χ4n) is 1.22. The number of halogens is 1. The number of hydrogen-bond donors (Lipinski definition) is 2. The van der Waals surface area contributed by atoms with Crippen LogP contribution in [0.5, 0.6) is 0 Å².